The van der Waals surface area contributed by atoms with Crippen LogP contribution < -0.4 is 20.2 Å². The first-order valence-electron chi connectivity index (χ1n) is 12.2. The number of hydrogen-bond acceptors (Lipinski definition) is 5. The first-order chi connectivity index (χ1) is 18.6. The first-order valence-corrected chi connectivity index (χ1v) is 12.2. The summed E-state index contributed by atoms with van der Waals surface area (Å²) in [6.07, 6.45) is 1.55. The van der Waals surface area contributed by atoms with Crippen molar-refractivity contribution in [2.24, 2.45) is 5.10 Å². The molecule has 0 radical (unpaired) electrons. The second-order valence-electron chi connectivity index (χ2n) is 8.48. The Morgan fingerprint density at radius 1 is 0.842 bits per heavy atom. The van der Waals surface area contributed by atoms with Crippen molar-refractivity contribution < 1.29 is 19.1 Å². The van der Waals surface area contributed by atoms with Crippen LogP contribution in [0.3, 0.4) is 0 Å². The monoisotopic (exact) mass is 507 g/mol. The minimum atomic E-state index is -0.514. The second-order valence-corrected chi connectivity index (χ2v) is 8.48. The molecule has 192 valence electrons. The normalized spacial score (nSPS) is 11.5. The number of benzene rings is 4. The Morgan fingerprint density at radius 3 is 2.18 bits per heavy atom. The van der Waals surface area contributed by atoms with Crippen LogP contribution in [0.2, 0.25) is 0 Å². The number of amides is 2. The fourth-order valence-electron chi connectivity index (χ4n) is 3.80. The van der Waals surface area contributed by atoms with E-state index in [0.717, 1.165) is 16.7 Å². The summed E-state index contributed by atoms with van der Waals surface area (Å²) in [7, 11) is 1.57. The lowest BCUT2D eigenvalue weighted by Gasteiger charge is -2.18. The molecular weight excluding hydrogens is 478 g/mol. The number of ether oxygens (including phenoxy) is 2. The molecule has 2 amide bonds. The summed E-state index contributed by atoms with van der Waals surface area (Å²) in [5.41, 5.74) is 5.68. The van der Waals surface area contributed by atoms with E-state index >= 15 is 0 Å². The Labute approximate surface area is 222 Å². The highest BCUT2D eigenvalue weighted by Crippen LogP contribution is 2.28. The van der Waals surface area contributed by atoms with Crippen LogP contribution in [0, 0.1) is 0 Å². The average molecular weight is 508 g/mol. The Balaban J connectivity index is 1.36. The predicted octanol–water partition coefficient (Wildman–Crippen LogP) is 5.29. The van der Waals surface area contributed by atoms with Gasteiger partial charge in [0.25, 0.3) is 5.91 Å². The summed E-state index contributed by atoms with van der Waals surface area (Å²) in [5.74, 6) is 0.581. The van der Waals surface area contributed by atoms with Crippen molar-refractivity contribution in [1.29, 1.82) is 0 Å². The molecule has 0 spiro atoms. The maximum atomic E-state index is 12.7. The van der Waals surface area contributed by atoms with Gasteiger partial charge in [-0.25, -0.2) is 5.43 Å². The predicted molar refractivity (Wildman–Crippen MR) is 147 cm³/mol. The van der Waals surface area contributed by atoms with Crippen LogP contribution in [0.4, 0.5) is 0 Å². The molecule has 4 rings (SSSR count). The van der Waals surface area contributed by atoms with Gasteiger partial charge in [-0.1, -0.05) is 78.9 Å². The van der Waals surface area contributed by atoms with E-state index in [0.29, 0.717) is 23.7 Å². The summed E-state index contributed by atoms with van der Waals surface area (Å²) in [6.45, 7) is 0.421. The molecule has 2 N–H and O–H groups in total. The lowest BCUT2D eigenvalue weighted by Crippen LogP contribution is -2.32. The minimum Gasteiger partial charge on any atom is -0.493 e. The van der Waals surface area contributed by atoms with E-state index in [2.05, 4.69) is 15.8 Å². The number of hydrazone groups is 1. The Morgan fingerprint density at radius 2 is 1.50 bits per heavy atom. The summed E-state index contributed by atoms with van der Waals surface area (Å²) in [6, 6.07) is 33.0. The summed E-state index contributed by atoms with van der Waals surface area (Å²) < 4.78 is 11.4. The van der Waals surface area contributed by atoms with E-state index < -0.39 is 6.04 Å². The third-order valence-electron chi connectivity index (χ3n) is 5.76. The number of hydrogen-bond donors (Lipinski definition) is 2. The van der Waals surface area contributed by atoms with Gasteiger partial charge in [-0.2, -0.15) is 5.10 Å². The molecule has 38 heavy (non-hydrogen) atoms. The highest BCUT2D eigenvalue weighted by atomic mass is 16.5. The van der Waals surface area contributed by atoms with Crippen LogP contribution in [-0.4, -0.2) is 25.1 Å². The van der Waals surface area contributed by atoms with Crippen LogP contribution in [0.25, 0.3) is 0 Å². The molecule has 4 aromatic carbocycles. The molecule has 0 bridgehead atoms. The van der Waals surface area contributed by atoms with E-state index in [9.17, 15) is 9.59 Å². The Kier molecular flexibility index (Phi) is 9.23. The quantitative estimate of drug-likeness (QED) is 0.213. The molecule has 0 aliphatic carbocycles. The van der Waals surface area contributed by atoms with Gasteiger partial charge in [-0.3, -0.25) is 9.59 Å². The zero-order chi connectivity index (χ0) is 26.6. The highest BCUT2D eigenvalue weighted by Gasteiger charge is 2.19. The van der Waals surface area contributed by atoms with E-state index in [4.69, 9.17) is 9.47 Å². The minimum absolute atomic E-state index is 0.0233. The Hall–Kier alpha value is -4.91. The van der Waals surface area contributed by atoms with Crippen LogP contribution >= 0.6 is 0 Å². The van der Waals surface area contributed by atoms with Gasteiger partial charge in [0.1, 0.15) is 6.61 Å². The second kappa shape index (κ2) is 13.4. The number of carbonyl (C=O) groups is 2. The van der Waals surface area contributed by atoms with Gasteiger partial charge in [0, 0.05) is 5.56 Å². The third kappa shape index (κ3) is 7.54. The number of methoxy groups -OCH3 is 1. The van der Waals surface area contributed by atoms with E-state index in [1.165, 1.54) is 6.21 Å². The summed E-state index contributed by atoms with van der Waals surface area (Å²) >= 11 is 0. The molecule has 0 saturated heterocycles. The van der Waals surface area contributed by atoms with Gasteiger partial charge >= 0.3 is 0 Å². The van der Waals surface area contributed by atoms with Crippen LogP contribution in [0.5, 0.6) is 11.5 Å². The van der Waals surface area contributed by atoms with Crippen molar-refractivity contribution >= 4 is 18.0 Å². The standard InChI is InChI=1S/C31H29N3O4/c1-37-29-19-24(17-18-28(29)38-22-23-11-5-2-6-12-23)21-32-34-30(35)20-27(25-13-7-3-8-14-25)33-31(36)26-15-9-4-10-16-26/h2-19,21,27H,20,22H2,1H3,(H,33,36)(H,34,35)/b32-21-/t27-/m0/s1. The van der Waals surface area contributed by atoms with Gasteiger partial charge in [0.05, 0.1) is 25.8 Å². The molecular formula is C31H29N3O4. The smallest absolute Gasteiger partial charge is 0.251 e. The van der Waals surface area contributed by atoms with Crippen molar-refractivity contribution in [1.82, 2.24) is 10.7 Å². The van der Waals surface area contributed by atoms with Crippen LogP contribution in [-0.2, 0) is 11.4 Å². The molecule has 7 nitrogen and oxygen atoms in total. The van der Waals surface area contributed by atoms with Gasteiger partial charge in [-0.15, -0.1) is 0 Å². The maximum absolute atomic E-state index is 12.7. The highest BCUT2D eigenvalue weighted by molar-refractivity contribution is 5.94. The molecule has 4 aromatic rings. The number of carbonyl (C=O) groups excluding carboxylic acids is 2. The van der Waals surface area contributed by atoms with Crippen LogP contribution in [0.1, 0.15) is 39.5 Å². The number of nitrogens with zero attached hydrogens (tertiary/aromatic N) is 1. The van der Waals surface area contributed by atoms with Gasteiger partial charge in [0.2, 0.25) is 5.91 Å². The molecule has 0 aliphatic heterocycles. The molecule has 1 atom stereocenters. The molecule has 0 heterocycles. The van der Waals surface area contributed by atoms with Crippen molar-refractivity contribution in [3.63, 3.8) is 0 Å². The molecule has 7 heteroatoms. The zero-order valence-electron chi connectivity index (χ0n) is 21.0. The lowest BCUT2D eigenvalue weighted by atomic mass is 10.0. The molecule has 0 aromatic heterocycles. The fourth-order valence-corrected chi connectivity index (χ4v) is 3.80. The van der Waals surface area contributed by atoms with E-state index in [-0.39, 0.29) is 18.2 Å². The topological polar surface area (TPSA) is 89.0 Å². The van der Waals surface area contributed by atoms with Crippen molar-refractivity contribution in [3.05, 3.63) is 131 Å². The largest absolute Gasteiger partial charge is 0.493 e. The maximum Gasteiger partial charge on any atom is 0.251 e. The average Bonchev–Trinajstić information content (AvgIpc) is 2.97. The Bertz CT molecular complexity index is 1360. The number of nitrogens with one attached hydrogen (secondary N) is 2. The van der Waals surface area contributed by atoms with Crippen molar-refractivity contribution in [2.75, 3.05) is 7.11 Å². The molecule has 0 fully saturated rings. The number of rotatable bonds is 11. The van der Waals surface area contributed by atoms with Gasteiger partial charge in [-0.05, 0) is 47.0 Å². The lowest BCUT2D eigenvalue weighted by molar-refractivity contribution is -0.121. The SMILES string of the molecule is COc1cc(/C=N\NC(=O)C[C@H](NC(=O)c2ccccc2)c2ccccc2)ccc1OCc1ccccc1. The summed E-state index contributed by atoms with van der Waals surface area (Å²) in [5, 5.41) is 7.04. The van der Waals surface area contributed by atoms with Crippen molar-refractivity contribution in [3.8, 4) is 11.5 Å². The van der Waals surface area contributed by atoms with E-state index in [1.54, 1.807) is 43.5 Å². The first kappa shape index (κ1) is 26.2. The van der Waals surface area contributed by atoms with Crippen LogP contribution in [0.15, 0.2) is 114 Å². The van der Waals surface area contributed by atoms with Crippen molar-refractivity contribution in [2.45, 2.75) is 19.1 Å². The molecule has 0 aliphatic rings. The third-order valence-corrected chi connectivity index (χ3v) is 5.76. The van der Waals surface area contributed by atoms with Gasteiger partial charge in [0.15, 0.2) is 11.5 Å². The van der Waals surface area contributed by atoms with E-state index in [1.807, 2.05) is 72.8 Å². The van der Waals surface area contributed by atoms with Gasteiger partial charge < -0.3 is 14.8 Å². The summed E-state index contributed by atoms with van der Waals surface area (Å²) in [4.78, 5) is 25.4. The molecule has 0 saturated carbocycles. The molecule has 0 unspecified atom stereocenters. The zero-order valence-corrected chi connectivity index (χ0v) is 21.0. The fraction of sp³-hybridized carbons (Fsp3) is 0.129.